The zero-order valence-electron chi connectivity index (χ0n) is 19.3. The van der Waals surface area contributed by atoms with E-state index in [4.69, 9.17) is 16.3 Å². The van der Waals surface area contributed by atoms with Gasteiger partial charge in [-0.15, -0.1) is 11.8 Å². The number of thioether (sulfide) groups is 1. The Morgan fingerprint density at radius 3 is 3.03 bits per heavy atom. The van der Waals surface area contributed by atoms with Gasteiger partial charge in [0, 0.05) is 43.5 Å². The molecule has 9 nitrogen and oxygen atoms in total. The molecular formula is C24H27ClN6O3S. The fourth-order valence-electron chi connectivity index (χ4n) is 4.48. The lowest BCUT2D eigenvalue weighted by atomic mass is 10.0. The number of hydrogen-bond acceptors (Lipinski definition) is 9. The number of nitrogens with zero attached hydrogens (tertiary/aromatic N) is 4. The highest BCUT2D eigenvalue weighted by atomic mass is 35.5. The summed E-state index contributed by atoms with van der Waals surface area (Å²) in [6, 6.07) is 7.59. The Morgan fingerprint density at radius 2 is 2.20 bits per heavy atom. The monoisotopic (exact) mass is 514 g/mol. The van der Waals surface area contributed by atoms with Crippen LogP contribution < -0.4 is 15.4 Å². The van der Waals surface area contributed by atoms with Crippen molar-refractivity contribution in [3.63, 3.8) is 0 Å². The predicted molar refractivity (Wildman–Crippen MR) is 136 cm³/mol. The Morgan fingerprint density at radius 1 is 1.31 bits per heavy atom. The number of halogens is 1. The van der Waals surface area contributed by atoms with E-state index in [2.05, 4.69) is 30.5 Å². The normalized spacial score (nSPS) is 20.5. The fourth-order valence-corrected chi connectivity index (χ4v) is 5.46. The molecular weight excluding hydrogens is 488 g/mol. The molecule has 0 aromatic carbocycles. The number of carbonyl (C=O) groups is 1. The molecule has 0 radical (unpaired) electrons. The van der Waals surface area contributed by atoms with Crippen molar-refractivity contribution < 1.29 is 14.6 Å². The molecule has 0 bridgehead atoms. The molecule has 2 unspecified atom stereocenters. The average molecular weight is 515 g/mol. The van der Waals surface area contributed by atoms with Gasteiger partial charge in [-0.2, -0.15) is 0 Å². The van der Waals surface area contributed by atoms with Crippen molar-refractivity contribution in [3.05, 3.63) is 46.7 Å². The van der Waals surface area contributed by atoms with Gasteiger partial charge in [-0.05, 0) is 37.6 Å². The number of hydrogen-bond donors (Lipinski definition) is 3. The van der Waals surface area contributed by atoms with Crippen molar-refractivity contribution in [2.45, 2.75) is 36.4 Å². The van der Waals surface area contributed by atoms with Crippen LogP contribution in [-0.4, -0.2) is 75.5 Å². The maximum absolute atomic E-state index is 11.6. The lowest BCUT2D eigenvalue weighted by molar-refractivity contribution is -0.113. The van der Waals surface area contributed by atoms with E-state index in [1.165, 1.54) is 11.8 Å². The molecule has 1 saturated heterocycles. The number of likely N-dealkylation sites (tertiary alicyclic amines) is 1. The van der Waals surface area contributed by atoms with Crippen LogP contribution in [0.15, 0.2) is 35.4 Å². The van der Waals surface area contributed by atoms with Crippen molar-refractivity contribution in [1.82, 2.24) is 25.2 Å². The highest BCUT2D eigenvalue weighted by Crippen LogP contribution is 2.30. The van der Waals surface area contributed by atoms with Crippen molar-refractivity contribution in [2.24, 2.45) is 0 Å². The quantitative estimate of drug-likeness (QED) is 0.437. The van der Waals surface area contributed by atoms with Crippen LogP contribution in [0.2, 0.25) is 5.02 Å². The number of aliphatic hydroxyl groups is 1. The van der Waals surface area contributed by atoms with E-state index in [0.717, 1.165) is 46.7 Å². The van der Waals surface area contributed by atoms with Crippen LogP contribution in [0.5, 0.6) is 5.88 Å². The Balaban J connectivity index is 1.16. The Labute approximate surface area is 212 Å². The van der Waals surface area contributed by atoms with Gasteiger partial charge in [0.05, 0.1) is 45.6 Å². The first-order valence-corrected chi connectivity index (χ1v) is 12.9. The minimum absolute atomic E-state index is 0.0238. The number of rotatable bonds is 7. The largest absolute Gasteiger partial charge is 0.481 e. The second-order valence-corrected chi connectivity index (χ2v) is 10.1. The molecule has 3 aromatic heterocycles. The van der Waals surface area contributed by atoms with Gasteiger partial charge < -0.3 is 25.4 Å². The summed E-state index contributed by atoms with van der Waals surface area (Å²) in [5, 5.41) is 17.6. The molecule has 35 heavy (non-hydrogen) atoms. The van der Waals surface area contributed by atoms with E-state index in [1.54, 1.807) is 19.4 Å². The molecule has 3 aromatic rings. The van der Waals surface area contributed by atoms with Crippen LogP contribution in [0, 0.1) is 0 Å². The number of aromatic nitrogens is 3. The van der Waals surface area contributed by atoms with Crippen LogP contribution >= 0.6 is 23.4 Å². The Kier molecular flexibility index (Phi) is 7.35. The summed E-state index contributed by atoms with van der Waals surface area (Å²) in [6.45, 7) is 2.71. The molecule has 5 heterocycles. The molecule has 0 saturated carbocycles. The SMILES string of the molecule is COc1ccc2ncc(Cl)c(CCN3CCC(NCc4ccc5c(n4)NC(=O)CS5)C(O)C3)c2n1. The summed E-state index contributed by atoms with van der Waals surface area (Å²) >= 11 is 7.96. The van der Waals surface area contributed by atoms with Crippen molar-refractivity contribution in [1.29, 1.82) is 0 Å². The molecule has 5 rings (SSSR count). The molecule has 0 aliphatic carbocycles. The van der Waals surface area contributed by atoms with Gasteiger partial charge >= 0.3 is 0 Å². The average Bonchev–Trinajstić information content (AvgIpc) is 2.87. The summed E-state index contributed by atoms with van der Waals surface area (Å²) in [5.74, 6) is 1.54. The number of fused-ring (bicyclic) bond motifs is 2. The number of β-amino-alcohol motifs (C(OH)–C–C–N with tert-alkyl or cyclic N) is 1. The van der Waals surface area contributed by atoms with Gasteiger partial charge in [0.25, 0.3) is 0 Å². The van der Waals surface area contributed by atoms with Gasteiger partial charge in [0.1, 0.15) is 5.82 Å². The fraction of sp³-hybridized carbons (Fsp3) is 0.417. The van der Waals surface area contributed by atoms with Gasteiger partial charge in [0.15, 0.2) is 0 Å². The molecule has 184 valence electrons. The van der Waals surface area contributed by atoms with E-state index in [-0.39, 0.29) is 11.9 Å². The third-order valence-corrected chi connectivity index (χ3v) is 7.74. The first-order valence-electron chi connectivity index (χ1n) is 11.5. The number of methoxy groups -OCH3 is 1. The second-order valence-electron chi connectivity index (χ2n) is 8.69. The van der Waals surface area contributed by atoms with E-state index in [9.17, 15) is 9.90 Å². The molecule has 2 aliphatic rings. The van der Waals surface area contributed by atoms with Crippen LogP contribution in [0.4, 0.5) is 5.82 Å². The lowest BCUT2D eigenvalue weighted by Crippen LogP contribution is -2.52. The highest BCUT2D eigenvalue weighted by Gasteiger charge is 2.27. The van der Waals surface area contributed by atoms with Crippen molar-refractivity contribution in [2.75, 3.05) is 37.8 Å². The molecule has 3 N–H and O–H groups in total. The topological polar surface area (TPSA) is 112 Å². The van der Waals surface area contributed by atoms with E-state index in [1.807, 2.05) is 18.2 Å². The number of ether oxygens (including phenoxy) is 1. The van der Waals surface area contributed by atoms with E-state index in [0.29, 0.717) is 42.0 Å². The van der Waals surface area contributed by atoms with Crippen molar-refractivity contribution in [3.8, 4) is 5.88 Å². The molecule has 1 fully saturated rings. The van der Waals surface area contributed by atoms with Gasteiger partial charge in [-0.3, -0.25) is 9.78 Å². The van der Waals surface area contributed by atoms with Crippen molar-refractivity contribution >= 4 is 46.1 Å². The standard InChI is InChI=1S/C24H27ClN6O3S/c1-34-22-5-3-18-23(30-22)15(16(25)11-27-18)6-8-31-9-7-17(19(32)12-31)26-10-14-2-4-20-24(28-14)29-21(33)13-35-20/h2-5,11,17,19,26,32H,6-10,12-13H2,1H3,(H,28,29,33). The number of nitrogens with one attached hydrogen (secondary N) is 2. The smallest absolute Gasteiger partial charge is 0.235 e. The number of amides is 1. The first-order chi connectivity index (χ1) is 17.0. The molecule has 11 heteroatoms. The molecule has 1 amide bonds. The number of pyridine rings is 3. The van der Waals surface area contributed by atoms with E-state index < -0.39 is 6.10 Å². The zero-order chi connectivity index (χ0) is 24.4. The number of anilines is 1. The van der Waals surface area contributed by atoms with Gasteiger partial charge in [0.2, 0.25) is 11.8 Å². The minimum Gasteiger partial charge on any atom is -0.481 e. The maximum Gasteiger partial charge on any atom is 0.235 e. The third kappa shape index (κ3) is 5.52. The molecule has 2 aliphatic heterocycles. The summed E-state index contributed by atoms with van der Waals surface area (Å²) in [5.41, 5.74) is 3.31. The van der Waals surface area contributed by atoms with Crippen LogP contribution in [0.3, 0.4) is 0 Å². The molecule has 0 spiro atoms. The maximum atomic E-state index is 11.6. The van der Waals surface area contributed by atoms with E-state index >= 15 is 0 Å². The minimum atomic E-state index is -0.500. The van der Waals surface area contributed by atoms with Gasteiger partial charge in [-0.25, -0.2) is 9.97 Å². The van der Waals surface area contributed by atoms with Crippen LogP contribution in [0.25, 0.3) is 11.0 Å². The van der Waals surface area contributed by atoms with Crippen LogP contribution in [0.1, 0.15) is 17.7 Å². The van der Waals surface area contributed by atoms with Crippen LogP contribution in [-0.2, 0) is 17.8 Å². The highest BCUT2D eigenvalue weighted by molar-refractivity contribution is 8.00. The number of piperidine rings is 1. The third-order valence-electron chi connectivity index (χ3n) is 6.37. The summed E-state index contributed by atoms with van der Waals surface area (Å²) in [7, 11) is 1.59. The summed E-state index contributed by atoms with van der Waals surface area (Å²) in [6.07, 6.45) is 2.68. The Hall–Kier alpha value is -2.50. The first kappa shape index (κ1) is 24.2. The summed E-state index contributed by atoms with van der Waals surface area (Å²) < 4.78 is 5.27. The predicted octanol–water partition coefficient (Wildman–Crippen LogP) is 2.50. The Bertz CT molecular complexity index is 1250. The zero-order valence-corrected chi connectivity index (χ0v) is 20.9. The number of carbonyl (C=O) groups excluding carboxylic acids is 1. The second kappa shape index (κ2) is 10.6. The number of aliphatic hydroxyl groups excluding tert-OH is 1. The summed E-state index contributed by atoms with van der Waals surface area (Å²) in [4.78, 5) is 28.3. The molecule has 2 atom stereocenters. The van der Waals surface area contributed by atoms with Gasteiger partial charge in [-0.1, -0.05) is 11.6 Å². The lowest BCUT2D eigenvalue weighted by Gasteiger charge is -2.36.